The largest absolute Gasteiger partial charge is 0.396 e. The van der Waals surface area contributed by atoms with Crippen molar-refractivity contribution in [1.29, 1.82) is 0 Å². The Bertz CT molecular complexity index is 380. The highest BCUT2D eigenvalue weighted by Gasteiger charge is 2.13. The SMILES string of the molecule is Nc1cc(CN2CCOCC2)c(Cl)cc1F. The van der Waals surface area contributed by atoms with Crippen LogP contribution in [-0.4, -0.2) is 31.2 Å². The van der Waals surface area contributed by atoms with E-state index in [1.807, 2.05) is 0 Å². The first kappa shape index (κ1) is 11.6. The van der Waals surface area contributed by atoms with E-state index >= 15 is 0 Å². The van der Waals surface area contributed by atoms with Gasteiger partial charge in [-0.15, -0.1) is 0 Å². The lowest BCUT2D eigenvalue weighted by Crippen LogP contribution is -2.35. The number of anilines is 1. The van der Waals surface area contributed by atoms with Crippen LogP contribution in [0, 0.1) is 5.82 Å². The predicted molar refractivity (Wildman–Crippen MR) is 61.9 cm³/mol. The number of benzene rings is 1. The monoisotopic (exact) mass is 244 g/mol. The van der Waals surface area contributed by atoms with Crippen molar-refractivity contribution in [2.45, 2.75) is 6.54 Å². The van der Waals surface area contributed by atoms with Gasteiger partial charge in [0.2, 0.25) is 0 Å². The van der Waals surface area contributed by atoms with E-state index in [-0.39, 0.29) is 5.69 Å². The zero-order valence-electron chi connectivity index (χ0n) is 8.88. The molecule has 1 aliphatic heterocycles. The van der Waals surface area contributed by atoms with E-state index in [0.717, 1.165) is 31.9 Å². The quantitative estimate of drug-likeness (QED) is 0.808. The van der Waals surface area contributed by atoms with E-state index in [9.17, 15) is 4.39 Å². The fourth-order valence-corrected chi connectivity index (χ4v) is 1.94. The van der Waals surface area contributed by atoms with Crippen LogP contribution in [0.5, 0.6) is 0 Å². The van der Waals surface area contributed by atoms with Gasteiger partial charge in [-0.3, -0.25) is 4.90 Å². The van der Waals surface area contributed by atoms with Gasteiger partial charge in [-0.2, -0.15) is 0 Å². The Morgan fingerprint density at radius 3 is 2.75 bits per heavy atom. The van der Waals surface area contributed by atoms with E-state index in [1.165, 1.54) is 6.07 Å². The summed E-state index contributed by atoms with van der Waals surface area (Å²) in [4.78, 5) is 2.21. The molecule has 0 amide bonds. The summed E-state index contributed by atoms with van der Waals surface area (Å²) in [5.74, 6) is -0.462. The summed E-state index contributed by atoms with van der Waals surface area (Å²) in [6.07, 6.45) is 0. The minimum atomic E-state index is -0.462. The smallest absolute Gasteiger partial charge is 0.147 e. The van der Waals surface area contributed by atoms with E-state index in [2.05, 4.69) is 4.90 Å². The van der Waals surface area contributed by atoms with E-state index < -0.39 is 5.82 Å². The second kappa shape index (κ2) is 4.99. The maximum Gasteiger partial charge on any atom is 0.147 e. The van der Waals surface area contributed by atoms with Crippen molar-refractivity contribution < 1.29 is 9.13 Å². The van der Waals surface area contributed by atoms with Crippen LogP contribution in [0.25, 0.3) is 0 Å². The lowest BCUT2D eigenvalue weighted by Gasteiger charge is -2.27. The van der Waals surface area contributed by atoms with Crippen molar-refractivity contribution in [2.24, 2.45) is 0 Å². The number of nitrogen functional groups attached to an aromatic ring is 1. The highest BCUT2D eigenvalue weighted by Crippen LogP contribution is 2.23. The van der Waals surface area contributed by atoms with Gasteiger partial charge in [0.1, 0.15) is 5.82 Å². The van der Waals surface area contributed by atoms with Crippen LogP contribution >= 0.6 is 11.6 Å². The number of rotatable bonds is 2. The number of morpholine rings is 1. The number of hydrogen-bond acceptors (Lipinski definition) is 3. The molecule has 1 aliphatic rings. The van der Waals surface area contributed by atoms with Gasteiger partial charge in [-0.05, 0) is 17.7 Å². The number of nitrogens with two attached hydrogens (primary N) is 1. The number of ether oxygens (including phenoxy) is 1. The Morgan fingerprint density at radius 1 is 1.38 bits per heavy atom. The number of halogens is 2. The van der Waals surface area contributed by atoms with E-state index in [4.69, 9.17) is 22.1 Å². The normalized spacial score (nSPS) is 17.6. The molecule has 16 heavy (non-hydrogen) atoms. The summed E-state index contributed by atoms with van der Waals surface area (Å²) < 4.78 is 18.3. The van der Waals surface area contributed by atoms with E-state index in [1.54, 1.807) is 6.07 Å². The molecule has 0 saturated carbocycles. The topological polar surface area (TPSA) is 38.5 Å². The Hall–Kier alpha value is -0.840. The van der Waals surface area contributed by atoms with Crippen molar-refractivity contribution in [2.75, 3.05) is 32.0 Å². The fourth-order valence-electron chi connectivity index (χ4n) is 1.73. The van der Waals surface area contributed by atoms with Crippen LogP contribution in [0.3, 0.4) is 0 Å². The summed E-state index contributed by atoms with van der Waals surface area (Å²) in [5, 5.41) is 0.429. The molecule has 5 heteroatoms. The summed E-state index contributed by atoms with van der Waals surface area (Å²) in [6, 6.07) is 2.87. The molecular weight excluding hydrogens is 231 g/mol. The Labute approximate surface area is 98.9 Å². The van der Waals surface area contributed by atoms with E-state index in [0.29, 0.717) is 11.6 Å². The zero-order chi connectivity index (χ0) is 11.5. The van der Waals surface area contributed by atoms with Crippen LogP contribution in [0.2, 0.25) is 5.02 Å². The minimum absolute atomic E-state index is 0.146. The first-order valence-electron chi connectivity index (χ1n) is 5.20. The average Bonchev–Trinajstić information content (AvgIpc) is 2.27. The van der Waals surface area contributed by atoms with Crippen LogP contribution in [-0.2, 0) is 11.3 Å². The lowest BCUT2D eigenvalue weighted by atomic mass is 10.1. The number of hydrogen-bond donors (Lipinski definition) is 1. The molecule has 1 saturated heterocycles. The Balaban J connectivity index is 2.11. The minimum Gasteiger partial charge on any atom is -0.396 e. The van der Waals surface area contributed by atoms with Gasteiger partial charge in [-0.1, -0.05) is 11.6 Å². The number of nitrogens with zero attached hydrogens (tertiary/aromatic N) is 1. The summed E-state index contributed by atoms with van der Waals surface area (Å²) in [7, 11) is 0. The zero-order valence-corrected chi connectivity index (χ0v) is 9.63. The van der Waals surface area contributed by atoms with Gasteiger partial charge in [0, 0.05) is 24.7 Å². The maximum absolute atomic E-state index is 13.1. The summed E-state index contributed by atoms with van der Waals surface area (Å²) in [6.45, 7) is 3.89. The Morgan fingerprint density at radius 2 is 2.06 bits per heavy atom. The second-order valence-corrected chi connectivity index (χ2v) is 4.26. The highest BCUT2D eigenvalue weighted by molar-refractivity contribution is 6.31. The fraction of sp³-hybridized carbons (Fsp3) is 0.455. The average molecular weight is 245 g/mol. The molecule has 88 valence electrons. The van der Waals surface area contributed by atoms with Crippen LogP contribution in [0.4, 0.5) is 10.1 Å². The Kier molecular flexibility index (Phi) is 3.63. The van der Waals surface area contributed by atoms with Gasteiger partial charge >= 0.3 is 0 Å². The van der Waals surface area contributed by atoms with Crippen molar-refractivity contribution in [3.8, 4) is 0 Å². The molecule has 0 aliphatic carbocycles. The first-order valence-corrected chi connectivity index (χ1v) is 5.58. The first-order chi connectivity index (χ1) is 7.66. The molecule has 0 atom stereocenters. The van der Waals surface area contributed by atoms with Gasteiger partial charge in [0.15, 0.2) is 0 Å². The van der Waals surface area contributed by atoms with Gasteiger partial charge < -0.3 is 10.5 Å². The third kappa shape index (κ3) is 2.64. The molecular formula is C11H14ClFN2O. The molecule has 1 heterocycles. The lowest BCUT2D eigenvalue weighted by molar-refractivity contribution is 0.0342. The molecule has 1 aromatic rings. The van der Waals surface area contributed by atoms with Gasteiger partial charge in [-0.25, -0.2) is 4.39 Å². The molecule has 0 bridgehead atoms. The van der Waals surface area contributed by atoms with Crippen LogP contribution in [0.1, 0.15) is 5.56 Å². The predicted octanol–water partition coefficient (Wildman–Crippen LogP) is 1.89. The van der Waals surface area contributed by atoms with Crippen molar-refractivity contribution >= 4 is 17.3 Å². The van der Waals surface area contributed by atoms with Crippen molar-refractivity contribution in [1.82, 2.24) is 4.90 Å². The molecule has 1 fully saturated rings. The van der Waals surface area contributed by atoms with Gasteiger partial charge in [0.05, 0.1) is 18.9 Å². The molecule has 2 N–H and O–H groups in total. The van der Waals surface area contributed by atoms with Gasteiger partial charge in [0.25, 0.3) is 0 Å². The summed E-state index contributed by atoms with van der Waals surface area (Å²) >= 11 is 5.97. The molecule has 3 nitrogen and oxygen atoms in total. The molecule has 0 unspecified atom stereocenters. The second-order valence-electron chi connectivity index (χ2n) is 3.85. The molecule has 0 aromatic heterocycles. The third-order valence-electron chi connectivity index (χ3n) is 2.66. The molecule has 0 spiro atoms. The van der Waals surface area contributed by atoms with Crippen LogP contribution in [0.15, 0.2) is 12.1 Å². The molecule has 0 radical (unpaired) electrons. The molecule has 2 rings (SSSR count). The maximum atomic E-state index is 13.1. The van der Waals surface area contributed by atoms with Crippen LogP contribution < -0.4 is 5.73 Å². The third-order valence-corrected chi connectivity index (χ3v) is 3.02. The van der Waals surface area contributed by atoms with Crippen molar-refractivity contribution in [3.63, 3.8) is 0 Å². The highest BCUT2D eigenvalue weighted by atomic mass is 35.5. The standard InChI is InChI=1S/C11H14ClFN2O/c12-9-6-10(13)11(14)5-8(9)7-15-1-3-16-4-2-15/h5-6H,1-4,7,14H2. The molecule has 1 aromatic carbocycles. The summed E-state index contributed by atoms with van der Waals surface area (Å²) in [5.41, 5.74) is 6.53. The van der Waals surface area contributed by atoms with Crippen molar-refractivity contribution in [3.05, 3.63) is 28.5 Å².